The van der Waals surface area contributed by atoms with E-state index in [9.17, 15) is 23.1 Å². The van der Waals surface area contributed by atoms with Gasteiger partial charge < -0.3 is 20.1 Å². The summed E-state index contributed by atoms with van der Waals surface area (Å²) in [6.07, 6.45) is 4.45. The van der Waals surface area contributed by atoms with E-state index in [1.165, 1.54) is 11.8 Å². The summed E-state index contributed by atoms with van der Waals surface area (Å²) in [4.78, 5) is 26.7. The number of anilines is 1. The molecule has 9 nitrogen and oxygen atoms in total. The number of alkyl carbamates (subject to hydrolysis) is 1. The quantitative estimate of drug-likeness (QED) is 0.0853. The van der Waals surface area contributed by atoms with Crippen molar-refractivity contribution in [3.05, 3.63) is 119 Å². The lowest BCUT2D eigenvalue weighted by molar-refractivity contribution is -0.138. The molecule has 11 heteroatoms. The largest absolute Gasteiger partial charge is 0.480 e. The third-order valence-corrected chi connectivity index (χ3v) is 11.2. The molecule has 0 spiro atoms. The van der Waals surface area contributed by atoms with Crippen molar-refractivity contribution in [2.24, 2.45) is 0 Å². The predicted octanol–water partition coefficient (Wildman–Crippen LogP) is 7.54. The van der Waals surface area contributed by atoms with E-state index in [1.54, 1.807) is 19.1 Å². The molecule has 0 aromatic heterocycles. The first-order valence-electron chi connectivity index (χ1n) is 16.4. The van der Waals surface area contributed by atoms with E-state index in [2.05, 4.69) is 22.2 Å². The number of carboxylic acids is 1. The van der Waals surface area contributed by atoms with Crippen LogP contribution in [0, 0.1) is 0 Å². The number of fused-ring (bicyclic) bond motifs is 4. The fourth-order valence-corrected chi connectivity index (χ4v) is 8.50. The van der Waals surface area contributed by atoms with Crippen molar-refractivity contribution in [2.75, 3.05) is 37.1 Å². The molecule has 0 saturated carbocycles. The highest BCUT2D eigenvalue weighted by Gasteiger charge is 2.30. The molecule has 1 atom stereocenters. The number of hydrogen-bond donors (Lipinski definition) is 3. The average Bonchev–Trinajstić information content (AvgIpc) is 3.41. The summed E-state index contributed by atoms with van der Waals surface area (Å²) >= 11 is 1.40. The van der Waals surface area contributed by atoms with Crippen LogP contribution in [0.15, 0.2) is 113 Å². The van der Waals surface area contributed by atoms with Crippen molar-refractivity contribution in [1.29, 1.82) is 0 Å². The maximum Gasteiger partial charge on any atom is 0.407 e. The molecule has 5 rings (SSSR count). The predicted molar refractivity (Wildman–Crippen MR) is 202 cm³/mol. The van der Waals surface area contributed by atoms with Crippen LogP contribution in [0.1, 0.15) is 43.7 Å². The van der Waals surface area contributed by atoms with E-state index in [-0.39, 0.29) is 23.2 Å². The van der Waals surface area contributed by atoms with Gasteiger partial charge in [-0.25, -0.2) is 18.0 Å². The van der Waals surface area contributed by atoms with Crippen molar-refractivity contribution in [1.82, 2.24) is 10.0 Å². The number of thioether (sulfide) groups is 1. The fourth-order valence-electron chi connectivity index (χ4n) is 6.16. The minimum atomic E-state index is -3.79. The van der Waals surface area contributed by atoms with Crippen molar-refractivity contribution in [2.45, 2.75) is 43.5 Å². The number of aliphatic carboxylic acids is 1. The standard InChI is InChI=1S/C39H43N3O6S2/c1-26(12-9-13-27(2)41-50(46,47)37-21-11-18-32-33(37)19-10-20-36(32)42(3)4)22-23-49-25-35(38(43)44)40-39(45)48-24-34-30-16-7-5-14-28(30)29-15-6-8-17-31(29)34/h5-8,10-11,13-22,34-35,41H,9,12,23-25H2,1-4H3,(H,40,45)(H,43,44)/b26-22+,27-13+/t35-/m0/s1. The van der Waals surface area contributed by atoms with Crippen LogP contribution in [0.25, 0.3) is 21.9 Å². The molecule has 0 saturated heterocycles. The number of amides is 1. The van der Waals surface area contributed by atoms with Crippen LogP contribution in [0.2, 0.25) is 0 Å². The van der Waals surface area contributed by atoms with E-state index in [0.29, 0.717) is 29.7 Å². The van der Waals surface area contributed by atoms with Gasteiger partial charge in [0.15, 0.2) is 0 Å². The minimum Gasteiger partial charge on any atom is -0.480 e. The second-order valence-corrected chi connectivity index (χ2v) is 15.2. The van der Waals surface area contributed by atoms with Crippen LogP contribution in [-0.4, -0.2) is 63.8 Å². The average molecular weight is 714 g/mol. The number of hydrogen-bond acceptors (Lipinski definition) is 7. The lowest BCUT2D eigenvalue weighted by Gasteiger charge is -2.17. The molecular formula is C39H43N3O6S2. The van der Waals surface area contributed by atoms with Gasteiger partial charge in [-0.15, -0.1) is 0 Å². The van der Waals surface area contributed by atoms with Crippen LogP contribution in [0.3, 0.4) is 0 Å². The minimum absolute atomic E-state index is 0.109. The number of sulfonamides is 1. The Morgan fingerprint density at radius 3 is 2.20 bits per heavy atom. The number of nitrogens with zero attached hydrogens (tertiary/aromatic N) is 1. The molecule has 1 aliphatic rings. The first kappa shape index (κ1) is 36.5. The molecule has 0 aliphatic heterocycles. The van der Waals surface area contributed by atoms with E-state index in [1.807, 2.05) is 98.7 Å². The van der Waals surface area contributed by atoms with Gasteiger partial charge in [0, 0.05) is 53.7 Å². The highest BCUT2D eigenvalue weighted by molar-refractivity contribution is 7.99. The molecule has 0 unspecified atom stereocenters. The van der Waals surface area contributed by atoms with Gasteiger partial charge in [-0.05, 0) is 61.1 Å². The Balaban J connectivity index is 1.07. The third-order valence-electron chi connectivity index (χ3n) is 8.68. The van der Waals surface area contributed by atoms with E-state index >= 15 is 0 Å². The Hall–Kier alpha value is -4.74. The maximum atomic E-state index is 13.3. The number of carbonyl (C=O) groups is 2. The molecule has 4 aromatic rings. The van der Waals surface area contributed by atoms with Crippen LogP contribution in [0.4, 0.5) is 10.5 Å². The zero-order valence-corrected chi connectivity index (χ0v) is 30.3. The second-order valence-electron chi connectivity index (χ2n) is 12.5. The fraction of sp³-hybridized carbons (Fsp3) is 0.282. The molecule has 0 heterocycles. The number of benzene rings is 4. The summed E-state index contributed by atoms with van der Waals surface area (Å²) in [5, 5.41) is 13.8. The van der Waals surface area contributed by atoms with Crippen LogP contribution in [-0.2, 0) is 19.6 Å². The summed E-state index contributed by atoms with van der Waals surface area (Å²) in [6.45, 7) is 3.83. The van der Waals surface area contributed by atoms with E-state index < -0.39 is 28.1 Å². The summed E-state index contributed by atoms with van der Waals surface area (Å²) in [7, 11) is 0.0587. The lowest BCUT2D eigenvalue weighted by Crippen LogP contribution is -2.43. The van der Waals surface area contributed by atoms with Gasteiger partial charge in [-0.3, -0.25) is 4.72 Å². The zero-order chi connectivity index (χ0) is 35.8. The normalized spacial score (nSPS) is 13.8. The number of ether oxygens (including phenoxy) is 1. The number of rotatable bonds is 15. The number of nitrogens with one attached hydrogen (secondary N) is 2. The molecule has 50 heavy (non-hydrogen) atoms. The molecular weight excluding hydrogens is 671 g/mol. The van der Waals surface area contributed by atoms with Crippen LogP contribution >= 0.6 is 11.8 Å². The topological polar surface area (TPSA) is 125 Å². The van der Waals surface area contributed by atoms with Crippen molar-refractivity contribution in [3.63, 3.8) is 0 Å². The molecule has 262 valence electrons. The Kier molecular flexibility index (Phi) is 11.9. The van der Waals surface area contributed by atoms with Gasteiger partial charge in [-0.1, -0.05) is 90.5 Å². The zero-order valence-electron chi connectivity index (χ0n) is 28.7. The highest BCUT2D eigenvalue weighted by Crippen LogP contribution is 2.44. The first-order valence-corrected chi connectivity index (χ1v) is 19.1. The van der Waals surface area contributed by atoms with Crippen LogP contribution in [0.5, 0.6) is 0 Å². The number of carboxylic acid groups (broad SMARTS) is 1. The summed E-state index contributed by atoms with van der Waals surface area (Å²) in [5.41, 5.74) is 6.97. The SMILES string of the molecule is C/C(=C\CSC[C@H](NC(=O)OCC1c2ccccc2-c2ccccc21)C(=O)O)CC/C=C(\C)NS(=O)(=O)c1cccc2c(N(C)C)cccc12. The smallest absolute Gasteiger partial charge is 0.407 e. The third kappa shape index (κ3) is 8.70. The molecule has 0 radical (unpaired) electrons. The first-order chi connectivity index (χ1) is 24.0. The molecule has 0 fully saturated rings. The summed E-state index contributed by atoms with van der Waals surface area (Å²) in [5.74, 6) is -0.503. The number of allylic oxidation sites excluding steroid dienone is 3. The van der Waals surface area contributed by atoms with E-state index in [4.69, 9.17) is 4.74 Å². The van der Waals surface area contributed by atoms with Crippen LogP contribution < -0.4 is 14.9 Å². The monoisotopic (exact) mass is 713 g/mol. The van der Waals surface area contributed by atoms with Gasteiger partial charge in [0.2, 0.25) is 0 Å². The van der Waals surface area contributed by atoms with Gasteiger partial charge in [0.1, 0.15) is 12.6 Å². The van der Waals surface area contributed by atoms with Gasteiger partial charge in [0.25, 0.3) is 10.0 Å². The Labute approximate surface area is 298 Å². The lowest BCUT2D eigenvalue weighted by atomic mass is 9.98. The Morgan fingerprint density at radius 2 is 1.54 bits per heavy atom. The molecule has 0 bridgehead atoms. The Morgan fingerprint density at radius 1 is 0.900 bits per heavy atom. The Bertz CT molecular complexity index is 2000. The number of carbonyl (C=O) groups excluding carboxylic acids is 1. The maximum absolute atomic E-state index is 13.3. The van der Waals surface area contributed by atoms with Gasteiger partial charge >= 0.3 is 12.1 Å². The van der Waals surface area contributed by atoms with Crippen molar-refractivity contribution in [3.8, 4) is 11.1 Å². The molecule has 1 amide bonds. The van der Waals surface area contributed by atoms with Crippen molar-refractivity contribution < 1.29 is 27.9 Å². The van der Waals surface area contributed by atoms with Gasteiger partial charge in [0.05, 0.1) is 4.90 Å². The highest BCUT2D eigenvalue weighted by atomic mass is 32.2. The second kappa shape index (κ2) is 16.3. The summed E-state index contributed by atoms with van der Waals surface area (Å²) in [6, 6.07) is 25.9. The molecule has 1 aliphatic carbocycles. The van der Waals surface area contributed by atoms with E-state index in [0.717, 1.165) is 38.9 Å². The summed E-state index contributed by atoms with van der Waals surface area (Å²) < 4.78 is 34.9. The van der Waals surface area contributed by atoms with Crippen molar-refractivity contribution >= 4 is 50.3 Å². The molecule has 4 aromatic carbocycles. The van der Waals surface area contributed by atoms with Gasteiger partial charge in [-0.2, -0.15) is 11.8 Å². The molecule has 3 N–H and O–H groups in total.